The minimum absolute atomic E-state index is 0.209. The van der Waals surface area contributed by atoms with Crippen LogP contribution in [0.15, 0.2) is 59.5 Å². The molecule has 2 aromatic rings. The summed E-state index contributed by atoms with van der Waals surface area (Å²) < 4.78 is 27.6. The van der Waals surface area contributed by atoms with Crippen LogP contribution >= 0.6 is 0 Å². The number of phenolic OH excluding ortho intramolecular Hbond substituents is 1. The largest absolute Gasteiger partial charge is 0.508 e. The van der Waals surface area contributed by atoms with Gasteiger partial charge in [0.15, 0.2) is 0 Å². The van der Waals surface area contributed by atoms with E-state index in [1.807, 2.05) is 18.2 Å². The van der Waals surface area contributed by atoms with Gasteiger partial charge in [-0.3, -0.25) is 4.90 Å². The molecule has 1 N–H and O–H groups in total. The average molecular weight is 387 g/mol. The second kappa shape index (κ2) is 7.26. The van der Waals surface area contributed by atoms with Crippen LogP contribution in [0.25, 0.3) is 0 Å². The van der Waals surface area contributed by atoms with Gasteiger partial charge in [-0.2, -0.15) is 4.31 Å². The van der Waals surface area contributed by atoms with Crippen LogP contribution in [0.3, 0.4) is 0 Å². The summed E-state index contributed by atoms with van der Waals surface area (Å²) in [5.41, 5.74) is 1.14. The number of benzene rings is 2. The van der Waals surface area contributed by atoms with Crippen LogP contribution in [0.2, 0.25) is 0 Å². The summed E-state index contributed by atoms with van der Waals surface area (Å²) in [6.45, 7) is 5.05. The van der Waals surface area contributed by atoms with Gasteiger partial charge in [0, 0.05) is 32.2 Å². The van der Waals surface area contributed by atoms with Gasteiger partial charge < -0.3 is 5.11 Å². The van der Waals surface area contributed by atoms with Crippen LogP contribution in [0.1, 0.15) is 24.8 Å². The molecule has 2 fully saturated rings. The molecule has 3 unspecified atom stereocenters. The van der Waals surface area contributed by atoms with E-state index >= 15 is 0 Å². The predicted molar refractivity (Wildman–Crippen MR) is 105 cm³/mol. The van der Waals surface area contributed by atoms with Gasteiger partial charge in [0.25, 0.3) is 0 Å². The second-order valence-electron chi connectivity index (χ2n) is 7.74. The van der Waals surface area contributed by atoms with Crippen LogP contribution in [-0.4, -0.2) is 55.0 Å². The number of phenols is 1. The van der Waals surface area contributed by atoms with Gasteiger partial charge >= 0.3 is 0 Å². The molecule has 2 aliphatic heterocycles. The molecule has 6 heteroatoms. The van der Waals surface area contributed by atoms with Crippen molar-refractivity contribution in [3.8, 4) is 5.75 Å². The molecule has 4 rings (SSSR count). The zero-order valence-electron chi connectivity index (χ0n) is 15.5. The zero-order chi connectivity index (χ0) is 19.0. The fraction of sp³-hybridized carbons (Fsp3) is 0.429. The molecule has 0 spiro atoms. The molecule has 0 bridgehead atoms. The Morgan fingerprint density at radius 1 is 1.00 bits per heavy atom. The number of hydrogen-bond acceptors (Lipinski definition) is 4. The zero-order valence-corrected chi connectivity index (χ0v) is 16.3. The number of sulfonamides is 1. The van der Waals surface area contributed by atoms with Crippen molar-refractivity contribution in [1.82, 2.24) is 9.21 Å². The molecule has 0 aromatic heterocycles. The van der Waals surface area contributed by atoms with E-state index in [4.69, 9.17) is 0 Å². The summed E-state index contributed by atoms with van der Waals surface area (Å²) in [5.74, 6) is 1.09. The first-order valence-electron chi connectivity index (χ1n) is 9.53. The van der Waals surface area contributed by atoms with Crippen molar-refractivity contribution in [3.63, 3.8) is 0 Å². The Balaban J connectivity index is 1.54. The van der Waals surface area contributed by atoms with Crippen molar-refractivity contribution in [2.45, 2.75) is 30.2 Å². The molecule has 0 radical (unpaired) electrons. The number of rotatable bonds is 3. The fourth-order valence-corrected chi connectivity index (χ4v) is 6.02. The monoisotopic (exact) mass is 386 g/mol. The summed E-state index contributed by atoms with van der Waals surface area (Å²) >= 11 is 0. The third kappa shape index (κ3) is 3.61. The molecular weight excluding hydrogens is 360 g/mol. The van der Waals surface area contributed by atoms with Crippen molar-refractivity contribution >= 4 is 10.0 Å². The van der Waals surface area contributed by atoms with Crippen molar-refractivity contribution < 1.29 is 13.5 Å². The Morgan fingerprint density at radius 3 is 2.52 bits per heavy atom. The topological polar surface area (TPSA) is 60.9 Å². The minimum atomic E-state index is -3.45. The van der Waals surface area contributed by atoms with Gasteiger partial charge in [0.05, 0.1) is 4.90 Å². The van der Waals surface area contributed by atoms with E-state index in [1.54, 1.807) is 34.6 Å². The van der Waals surface area contributed by atoms with Crippen LogP contribution in [0, 0.1) is 5.92 Å². The van der Waals surface area contributed by atoms with E-state index in [-0.39, 0.29) is 6.04 Å². The Hall–Kier alpha value is -1.89. The summed E-state index contributed by atoms with van der Waals surface area (Å²) in [5, 5.41) is 9.84. The second-order valence-corrected chi connectivity index (χ2v) is 9.68. The highest BCUT2D eigenvalue weighted by Gasteiger charge is 2.40. The van der Waals surface area contributed by atoms with Gasteiger partial charge in [-0.25, -0.2) is 8.42 Å². The van der Waals surface area contributed by atoms with Gasteiger partial charge in [0.1, 0.15) is 5.75 Å². The molecule has 2 saturated heterocycles. The van der Waals surface area contributed by atoms with Crippen LogP contribution < -0.4 is 0 Å². The summed E-state index contributed by atoms with van der Waals surface area (Å²) in [4.78, 5) is 2.80. The third-order valence-corrected chi connectivity index (χ3v) is 7.86. The first-order chi connectivity index (χ1) is 12.9. The molecule has 144 valence electrons. The maximum Gasteiger partial charge on any atom is 0.243 e. The SMILES string of the molecule is CC1CN2CCN(S(=O)(=O)c3ccccc3)CC2CC1c1cccc(O)c1. The number of piperidine rings is 1. The lowest BCUT2D eigenvalue weighted by molar-refractivity contribution is 0.0496. The van der Waals surface area contributed by atoms with Crippen LogP contribution in [0.4, 0.5) is 0 Å². The average Bonchev–Trinajstić information content (AvgIpc) is 2.67. The normalized spacial score (nSPS) is 27.2. The molecular formula is C21H26N2O3S. The summed E-state index contributed by atoms with van der Waals surface area (Å²) in [6, 6.07) is 16.4. The van der Waals surface area contributed by atoms with Crippen LogP contribution in [0.5, 0.6) is 5.75 Å². The van der Waals surface area contributed by atoms with Crippen molar-refractivity contribution in [2.75, 3.05) is 26.2 Å². The van der Waals surface area contributed by atoms with E-state index in [1.165, 1.54) is 0 Å². The standard InChI is InChI=1S/C21H26N2O3S/c1-16-14-22-10-11-23(27(25,26)20-8-3-2-4-9-20)15-18(22)13-21(16)17-6-5-7-19(24)12-17/h2-9,12,16,18,21,24H,10-11,13-15H2,1H3. The highest BCUT2D eigenvalue weighted by molar-refractivity contribution is 7.89. The summed E-state index contributed by atoms with van der Waals surface area (Å²) in [6.07, 6.45) is 0.908. The van der Waals surface area contributed by atoms with Crippen LogP contribution in [-0.2, 0) is 10.0 Å². The predicted octanol–water partition coefficient (Wildman–Crippen LogP) is 2.89. The smallest absolute Gasteiger partial charge is 0.243 e. The number of hydrogen-bond donors (Lipinski definition) is 1. The highest BCUT2D eigenvalue weighted by atomic mass is 32.2. The van der Waals surface area contributed by atoms with E-state index < -0.39 is 10.0 Å². The molecule has 0 amide bonds. The van der Waals surface area contributed by atoms with E-state index in [0.29, 0.717) is 35.6 Å². The Kier molecular flexibility index (Phi) is 4.97. The van der Waals surface area contributed by atoms with E-state index in [2.05, 4.69) is 17.9 Å². The first kappa shape index (κ1) is 18.5. The molecule has 27 heavy (non-hydrogen) atoms. The minimum Gasteiger partial charge on any atom is -0.508 e. The first-order valence-corrected chi connectivity index (χ1v) is 11.0. The van der Waals surface area contributed by atoms with Gasteiger partial charge in [-0.15, -0.1) is 0 Å². The Morgan fingerprint density at radius 2 is 1.78 bits per heavy atom. The lowest BCUT2D eigenvalue weighted by atomic mass is 9.78. The molecule has 5 nitrogen and oxygen atoms in total. The van der Waals surface area contributed by atoms with Gasteiger partial charge in [-0.1, -0.05) is 37.3 Å². The number of fused-ring (bicyclic) bond motifs is 1. The highest BCUT2D eigenvalue weighted by Crippen LogP contribution is 2.38. The van der Waals surface area contributed by atoms with Gasteiger partial charge in [-0.05, 0) is 48.1 Å². The molecule has 2 heterocycles. The fourth-order valence-electron chi connectivity index (χ4n) is 4.53. The van der Waals surface area contributed by atoms with E-state index in [0.717, 1.165) is 25.1 Å². The third-order valence-electron chi connectivity index (χ3n) is 5.98. The number of nitrogens with zero attached hydrogens (tertiary/aromatic N) is 2. The maximum absolute atomic E-state index is 13.0. The lowest BCUT2D eigenvalue weighted by Gasteiger charge is -2.48. The Bertz CT molecular complexity index is 901. The van der Waals surface area contributed by atoms with Crippen molar-refractivity contribution in [1.29, 1.82) is 0 Å². The maximum atomic E-state index is 13.0. The lowest BCUT2D eigenvalue weighted by Crippen LogP contribution is -2.58. The quantitative estimate of drug-likeness (QED) is 0.881. The number of piperazine rings is 1. The summed E-state index contributed by atoms with van der Waals surface area (Å²) in [7, 11) is -3.45. The van der Waals surface area contributed by atoms with Crippen molar-refractivity contribution in [3.05, 3.63) is 60.2 Å². The molecule has 2 aromatic carbocycles. The van der Waals surface area contributed by atoms with E-state index in [9.17, 15) is 13.5 Å². The van der Waals surface area contributed by atoms with Gasteiger partial charge in [0.2, 0.25) is 10.0 Å². The number of aromatic hydroxyl groups is 1. The van der Waals surface area contributed by atoms with Crippen molar-refractivity contribution in [2.24, 2.45) is 5.92 Å². The Labute approximate surface area is 161 Å². The molecule has 0 saturated carbocycles. The molecule has 2 aliphatic rings. The molecule has 0 aliphatic carbocycles. The molecule has 3 atom stereocenters.